The summed E-state index contributed by atoms with van der Waals surface area (Å²) >= 11 is 1.43. The van der Waals surface area contributed by atoms with Crippen LogP contribution < -0.4 is 11.1 Å². The molecule has 5 heterocycles. The Kier molecular flexibility index (Phi) is 4.44. The Morgan fingerprint density at radius 1 is 1.03 bits per heavy atom. The quantitative estimate of drug-likeness (QED) is 0.387. The molecule has 0 spiro atoms. The number of furan rings is 2. The number of nitrogens with zero attached hydrogens (tertiary/aromatic N) is 4. The van der Waals surface area contributed by atoms with Crippen LogP contribution in [0.1, 0.15) is 17.0 Å². The van der Waals surface area contributed by atoms with E-state index in [0.29, 0.717) is 34.0 Å². The van der Waals surface area contributed by atoms with Gasteiger partial charge in [0.2, 0.25) is 5.13 Å². The topological polar surface area (TPSA) is 88.1 Å². The monoisotopic (exact) mass is 458 g/mol. The Morgan fingerprint density at radius 2 is 1.91 bits per heavy atom. The van der Waals surface area contributed by atoms with Crippen molar-refractivity contribution in [2.45, 2.75) is 20.0 Å². The van der Waals surface area contributed by atoms with Crippen molar-refractivity contribution in [2.24, 2.45) is 0 Å². The molecule has 0 aliphatic rings. The van der Waals surface area contributed by atoms with Gasteiger partial charge in [-0.3, -0.25) is 14.3 Å². The first-order chi connectivity index (χ1) is 16.1. The minimum absolute atomic E-state index is 0.209. The molecule has 8 nitrogen and oxygen atoms in total. The summed E-state index contributed by atoms with van der Waals surface area (Å²) in [6, 6.07) is 14.7. The Balaban J connectivity index is 1.64. The zero-order valence-corrected chi connectivity index (χ0v) is 18.4. The van der Waals surface area contributed by atoms with Crippen molar-refractivity contribution in [1.82, 2.24) is 18.9 Å². The van der Waals surface area contributed by atoms with Crippen molar-refractivity contribution < 1.29 is 8.83 Å². The Labute approximate surface area is 190 Å². The van der Waals surface area contributed by atoms with Gasteiger partial charge >= 0.3 is 0 Å². The van der Waals surface area contributed by atoms with Gasteiger partial charge in [0.15, 0.2) is 0 Å². The van der Waals surface area contributed by atoms with Gasteiger partial charge in [0.05, 0.1) is 53.0 Å². The second kappa shape index (κ2) is 7.49. The van der Waals surface area contributed by atoms with Crippen LogP contribution in [0.15, 0.2) is 85.7 Å². The Bertz CT molecular complexity index is 1680. The first-order valence-electron chi connectivity index (χ1n) is 10.4. The fourth-order valence-electron chi connectivity index (χ4n) is 4.15. The number of pyridine rings is 1. The molecule has 6 rings (SSSR count). The number of para-hydroxylation sites is 1. The molecule has 0 fully saturated rings. The highest BCUT2D eigenvalue weighted by molar-refractivity contribution is 7.20. The van der Waals surface area contributed by atoms with Gasteiger partial charge in [0.1, 0.15) is 5.76 Å². The first-order valence-corrected chi connectivity index (χ1v) is 11.2. The van der Waals surface area contributed by atoms with Gasteiger partial charge in [-0.1, -0.05) is 23.5 Å². The second-order valence-electron chi connectivity index (χ2n) is 7.76. The molecule has 0 saturated heterocycles. The number of rotatable bonds is 5. The van der Waals surface area contributed by atoms with Crippen molar-refractivity contribution in [1.29, 1.82) is 0 Å². The molecule has 0 atom stereocenters. The van der Waals surface area contributed by atoms with E-state index in [4.69, 9.17) is 13.8 Å². The molecular weight excluding hydrogens is 440 g/mol. The zero-order chi connectivity index (χ0) is 22.5. The zero-order valence-electron chi connectivity index (χ0n) is 17.6. The minimum Gasteiger partial charge on any atom is -0.472 e. The smallest absolute Gasteiger partial charge is 0.283 e. The van der Waals surface area contributed by atoms with Gasteiger partial charge in [0.25, 0.3) is 11.1 Å². The van der Waals surface area contributed by atoms with Gasteiger partial charge in [-0.05, 0) is 37.3 Å². The number of thiazole rings is 1. The van der Waals surface area contributed by atoms with Crippen LogP contribution in [0.2, 0.25) is 0 Å². The third-order valence-electron chi connectivity index (χ3n) is 5.75. The van der Waals surface area contributed by atoms with Crippen LogP contribution in [-0.2, 0) is 13.1 Å². The highest BCUT2D eigenvalue weighted by atomic mass is 32.1. The van der Waals surface area contributed by atoms with E-state index < -0.39 is 0 Å². The van der Waals surface area contributed by atoms with Crippen molar-refractivity contribution in [2.75, 3.05) is 0 Å². The lowest BCUT2D eigenvalue weighted by atomic mass is 10.2. The van der Waals surface area contributed by atoms with Crippen LogP contribution >= 0.6 is 11.3 Å². The van der Waals surface area contributed by atoms with Crippen molar-refractivity contribution in [3.8, 4) is 5.13 Å². The van der Waals surface area contributed by atoms with Crippen LogP contribution in [0, 0.1) is 6.92 Å². The number of aromatic nitrogens is 4. The molecule has 0 unspecified atom stereocenters. The molecule has 164 valence electrons. The van der Waals surface area contributed by atoms with Crippen molar-refractivity contribution in [3.05, 3.63) is 105 Å². The molecule has 0 aliphatic carbocycles. The maximum atomic E-state index is 13.8. The van der Waals surface area contributed by atoms with E-state index in [1.165, 1.54) is 17.4 Å². The predicted octanol–water partition coefficient (Wildman–Crippen LogP) is 4.15. The number of hydrogen-bond donors (Lipinski definition) is 0. The van der Waals surface area contributed by atoms with E-state index in [9.17, 15) is 9.59 Å². The molecule has 0 radical (unpaired) electrons. The molecule has 0 bridgehead atoms. The highest BCUT2D eigenvalue weighted by Gasteiger charge is 2.22. The molecular formula is C24H18N4O4S. The van der Waals surface area contributed by atoms with Crippen molar-refractivity contribution in [3.63, 3.8) is 0 Å². The van der Waals surface area contributed by atoms with E-state index in [1.807, 2.05) is 30.3 Å². The van der Waals surface area contributed by atoms with Gasteiger partial charge < -0.3 is 13.4 Å². The Hall–Kier alpha value is -4.11. The van der Waals surface area contributed by atoms with Crippen LogP contribution in [0.25, 0.3) is 26.3 Å². The molecule has 9 heteroatoms. The minimum atomic E-state index is -0.224. The van der Waals surface area contributed by atoms with E-state index in [2.05, 4.69) is 0 Å². The lowest BCUT2D eigenvalue weighted by Gasteiger charge is -2.11. The average molecular weight is 458 g/mol. The number of benzene rings is 1. The normalized spacial score (nSPS) is 11.7. The van der Waals surface area contributed by atoms with E-state index in [0.717, 1.165) is 15.8 Å². The third kappa shape index (κ3) is 3.16. The van der Waals surface area contributed by atoms with Crippen molar-refractivity contribution >= 4 is 32.5 Å². The lowest BCUT2D eigenvalue weighted by molar-refractivity contribution is 0.487. The van der Waals surface area contributed by atoms with Crippen LogP contribution in [0.4, 0.5) is 0 Å². The fraction of sp³-hybridized carbons (Fsp3) is 0.125. The maximum absolute atomic E-state index is 13.8. The fourth-order valence-corrected chi connectivity index (χ4v) is 5.12. The lowest BCUT2D eigenvalue weighted by Crippen LogP contribution is -2.23. The van der Waals surface area contributed by atoms with Crippen LogP contribution in [0.3, 0.4) is 0 Å². The molecule has 33 heavy (non-hydrogen) atoms. The molecule has 0 amide bonds. The standard InChI is InChI=1S/C24H18N4O4S/c1-15-22-19(11-21(29)26(15)13-17-5-4-9-32-17)27(12-16-8-10-31-14-16)28(23(22)30)24-25-18-6-2-3-7-20(18)33-24/h2-11,14H,12-13H2,1H3. The summed E-state index contributed by atoms with van der Waals surface area (Å²) in [6.45, 7) is 2.40. The number of hydrogen-bond acceptors (Lipinski definition) is 6. The SMILES string of the molecule is Cc1c2c(=O)n(-c3nc4ccccc4s3)n(Cc3ccoc3)c2cc(=O)n1Cc1ccco1. The first kappa shape index (κ1) is 19.6. The van der Waals surface area contributed by atoms with Gasteiger partial charge in [-0.15, -0.1) is 0 Å². The molecule has 0 aliphatic heterocycles. The molecule has 0 saturated carbocycles. The molecule has 0 N–H and O–H groups in total. The molecule has 1 aromatic carbocycles. The highest BCUT2D eigenvalue weighted by Crippen LogP contribution is 2.26. The maximum Gasteiger partial charge on any atom is 0.283 e. The Morgan fingerprint density at radius 3 is 2.67 bits per heavy atom. The summed E-state index contributed by atoms with van der Waals surface area (Å²) in [5.74, 6) is 0.642. The van der Waals surface area contributed by atoms with Crippen LogP contribution in [0.5, 0.6) is 0 Å². The van der Waals surface area contributed by atoms with E-state index in [1.54, 1.807) is 51.8 Å². The number of fused-ring (bicyclic) bond motifs is 2. The summed E-state index contributed by atoms with van der Waals surface area (Å²) in [5, 5.41) is 1.02. The molecule has 6 aromatic rings. The van der Waals surface area contributed by atoms with E-state index >= 15 is 0 Å². The van der Waals surface area contributed by atoms with Gasteiger partial charge in [0, 0.05) is 17.3 Å². The predicted molar refractivity (Wildman–Crippen MR) is 125 cm³/mol. The summed E-state index contributed by atoms with van der Waals surface area (Å²) in [6.07, 6.45) is 4.78. The summed E-state index contributed by atoms with van der Waals surface area (Å²) in [4.78, 5) is 31.6. The summed E-state index contributed by atoms with van der Waals surface area (Å²) in [7, 11) is 0. The van der Waals surface area contributed by atoms with E-state index in [-0.39, 0.29) is 17.7 Å². The van der Waals surface area contributed by atoms with Gasteiger partial charge in [-0.25, -0.2) is 4.98 Å². The average Bonchev–Trinajstić information content (AvgIpc) is 3.59. The third-order valence-corrected chi connectivity index (χ3v) is 6.76. The van der Waals surface area contributed by atoms with Crippen LogP contribution in [-0.4, -0.2) is 18.9 Å². The summed E-state index contributed by atoms with van der Waals surface area (Å²) in [5.41, 5.74) is 2.40. The second-order valence-corrected chi connectivity index (χ2v) is 8.77. The number of aryl methyl sites for hydroxylation is 1. The molecule has 5 aromatic heterocycles. The largest absolute Gasteiger partial charge is 0.472 e. The van der Waals surface area contributed by atoms with Gasteiger partial charge in [-0.2, -0.15) is 4.68 Å². The summed E-state index contributed by atoms with van der Waals surface area (Å²) < 4.78 is 16.6.